The van der Waals surface area contributed by atoms with Crippen molar-refractivity contribution < 1.29 is 13.9 Å². The SMILES string of the molecule is CC(C(=O)N(CCN1CCOCC1)Cc1ccccc1F)n1nnc2ccccc21. The summed E-state index contributed by atoms with van der Waals surface area (Å²) in [5.74, 6) is -0.414. The summed E-state index contributed by atoms with van der Waals surface area (Å²) in [5.41, 5.74) is 2.05. The Bertz CT molecular complexity index is 1000. The number of nitrogens with zero attached hydrogens (tertiary/aromatic N) is 5. The largest absolute Gasteiger partial charge is 0.379 e. The van der Waals surface area contributed by atoms with Gasteiger partial charge in [0.2, 0.25) is 5.91 Å². The number of carbonyl (C=O) groups is 1. The molecule has 1 amide bonds. The number of morpholine rings is 1. The predicted molar refractivity (Wildman–Crippen MR) is 111 cm³/mol. The van der Waals surface area contributed by atoms with Gasteiger partial charge in [0.15, 0.2) is 0 Å². The number of rotatable bonds is 7. The summed E-state index contributed by atoms with van der Waals surface area (Å²) in [4.78, 5) is 17.4. The van der Waals surface area contributed by atoms with Gasteiger partial charge in [0, 0.05) is 38.3 Å². The van der Waals surface area contributed by atoms with Crippen molar-refractivity contribution in [2.75, 3.05) is 39.4 Å². The molecule has 0 radical (unpaired) electrons. The molecule has 3 aromatic rings. The number of halogens is 1. The lowest BCUT2D eigenvalue weighted by atomic mass is 10.1. The molecular weight excluding hydrogens is 385 g/mol. The number of hydrogen-bond donors (Lipinski definition) is 0. The van der Waals surface area contributed by atoms with Gasteiger partial charge >= 0.3 is 0 Å². The van der Waals surface area contributed by atoms with Gasteiger partial charge in [-0.3, -0.25) is 9.69 Å². The van der Waals surface area contributed by atoms with Crippen LogP contribution in [0.3, 0.4) is 0 Å². The van der Waals surface area contributed by atoms with E-state index in [1.165, 1.54) is 6.07 Å². The molecule has 1 saturated heterocycles. The number of para-hydroxylation sites is 1. The first-order valence-corrected chi connectivity index (χ1v) is 10.3. The van der Waals surface area contributed by atoms with Gasteiger partial charge < -0.3 is 9.64 Å². The Morgan fingerprint density at radius 2 is 1.90 bits per heavy atom. The zero-order valence-electron chi connectivity index (χ0n) is 17.1. The van der Waals surface area contributed by atoms with Gasteiger partial charge in [0.05, 0.1) is 18.7 Å². The molecule has 1 aliphatic rings. The van der Waals surface area contributed by atoms with Crippen LogP contribution in [0.4, 0.5) is 4.39 Å². The Labute approximate surface area is 175 Å². The van der Waals surface area contributed by atoms with E-state index in [-0.39, 0.29) is 18.3 Å². The number of hydrogen-bond acceptors (Lipinski definition) is 5. The molecule has 1 unspecified atom stereocenters. The van der Waals surface area contributed by atoms with E-state index in [2.05, 4.69) is 15.2 Å². The van der Waals surface area contributed by atoms with E-state index >= 15 is 0 Å². The number of amides is 1. The maximum atomic E-state index is 14.3. The van der Waals surface area contributed by atoms with Gasteiger partial charge in [-0.1, -0.05) is 35.5 Å². The lowest BCUT2D eigenvalue weighted by Gasteiger charge is -2.31. The van der Waals surface area contributed by atoms with E-state index in [0.29, 0.717) is 31.9 Å². The molecule has 8 heteroatoms. The normalized spacial score (nSPS) is 15.9. The average molecular weight is 411 g/mol. The van der Waals surface area contributed by atoms with Crippen molar-refractivity contribution in [3.8, 4) is 0 Å². The van der Waals surface area contributed by atoms with Crippen molar-refractivity contribution in [1.29, 1.82) is 0 Å². The highest BCUT2D eigenvalue weighted by atomic mass is 19.1. The summed E-state index contributed by atoms with van der Waals surface area (Å²) in [5, 5.41) is 8.35. The summed E-state index contributed by atoms with van der Waals surface area (Å²) < 4.78 is 21.3. The van der Waals surface area contributed by atoms with Gasteiger partial charge in [-0.15, -0.1) is 5.10 Å². The lowest BCUT2D eigenvalue weighted by Crippen LogP contribution is -2.44. The van der Waals surface area contributed by atoms with Crippen LogP contribution in [-0.4, -0.2) is 70.1 Å². The zero-order valence-corrected chi connectivity index (χ0v) is 17.1. The van der Waals surface area contributed by atoms with Crippen molar-refractivity contribution in [3.05, 3.63) is 59.9 Å². The third-order valence-corrected chi connectivity index (χ3v) is 5.52. The highest BCUT2D eigenvalue weighted by molar-refractivity contribution is 5.83. The molecule has 7 nitrogen and oxygen atoms in total. The number of carbonyl (C=O) groups excluding carboxylic acids is 1. The van der Waals surface area contributed by atoms with Crippen molar-refractivity contribution in [2.45, 2.75) is 19.5 Å². The Morgan fingerprint density at radius 3 is 2.70 bits per heavy atom. The summed E-state index contributed by atoms with van der Waals surface area (Å²) >= 11 is 0. The molecule has 0 saturated carbocycles. The molecule has 0 aliphatic carbocycles. The molecular formula is C22H26FN5O2. The Kier molecular flexibility index (Phi) is 6.35. The second-order valence-corrected chi connectivity index (χ2v) is 7.50. The van der Waals surface area contributed by atoms with E-state index in [0.717, 1.165) is 24.1 Å². The van der Waals surface area contributed by atoms with Gasteiger partial charge in [0.25, 0.3) is 0 Å². The number of ether oxygens (including phenoxy) is 1. The first-order chi connectivity index (χ1) is 14.6. The van der Waals surface area contributed by atoms with Gasteiger partial charge in [-0.2, -0.15) is 0 Å². The Hall–Kier alpha value is -2.84. The predicted octanol–water partition coefficient (Wildman–Crippen LogP) is 2.49. The molecule has 0 N–H and O–H groups in total. The first kappa shape index (κ1) is 20.4. The molecule has 1 aliphatic heterocycles. The average Bonchev–Trinajstić information content (AvgIpc) is 3.22. The maximum absolute atomic E-state index is 14.3. The molecule has 0 spiro atoms. The van der Waals surface area contributed by atoms with Crippen LogP contribution < -0.4 is 0 Å². The van der Waals surface area contributed by atoms with Crippen molar-refractivity contribution in [1.82, 2.24) is 24.8 Å². The van der Waals surface area contributed by atoms with E-state index in [1.54, 1.807) is 27.8 Å². The van der Waals surface area contributed by atoms with Crippen LogP contribution in [0.15, 0.2) is 48.5 Å². The van der Waals surface area contributed by atoms with Gasteiger partial charge in [0.1, 0.15) is 17.4 Å². The molecule has 1 aromatic heterocycles. The van der Waals surface area contributed by atoms with Crippen LogP contribution in [0.25, 0.3) is 11.0 Å². The maximum Gasteiger partial charge on any atom is 0.247 e. The fraction of sp³-hybridized carbons (Fsp3) is 0.409. The van der Waals surface area contributed by atoms with Crippen molar-refractivity contribution >= 4 is 16.9 Å². The second-order valence-electron chi connectivity index (χ2n) is 7.50. The van der Waals surface area contributed by atoms with Crippen LogP contribution in [0, 0.1) is 5.82 Å². The van der Waals surface area contributed by atoms with Crippen LogP contribution in [0.2, 0.25) is 0 Å². The molecule has 2 aromatic carbocycles. The first-order valence-electron chi connectivity index (χ1n) is 10.3. The van der Waals surface area contributed by atoms with Crippen molar-refractivity contribution in [3.63, 3.8) is 0 Å². The minimum Gasteiger partial charge on any atom is -0.379 e. The lowest BCUT2D eigenvalue weighted by molar-refractivity contribution is -0.135. The standard InChI is InChI=1S/C22H26FN5O2/c1-17(28-21-9-5-4-8-20(21)24-25-28)22(29)27(11-10-26-12-14-30-15-13-26)16-18-6-2-3-7-19(18)23/h2-9,17H,10-16H2,1H3. The van der Waals surface area contributed by atoms with E-state index < -0.39 is 6.04 Å². The smallest absolute Gasteiger partial charge is 0.247 e. The number of fused-ring (bicyclic) bond motifs is 1. The summed E-state index contributed by atoms with van der Waals surface area (Å²) in [6, 6.07) is 13.6. The molecule has 158 valence electrons. The van der Waals surface area contributed by atoms with Crippen molar-refractivity contribution in [2.24, 2.45) is 0 Å². The third-order valence-electron chi connectivity index (χ3n) is 5.52. The van der Waals surface area contributed by atoms with E-state index in [4.69, 9.17) is 4.74 Å². The highest BCUT2D eigenvalue weighted by Gasteiger charge is 2.26. The number of benzene rings is 2. The molecule has 1 atom stereocenters. The van der Waals surface area contributed by atoms with Crippen LogP contribution in [-0.2, 0) is 16.1 Å². The fourth-order valence-electron chi connectivity index (χ4n) is 3.73. The van der Waals surface area contributed by atoms with Crippen LogP contribution >= 0.6 is 0 Å². The molecule has 0 bridgehead atoms. The van der Waals surface area contributed by atoms with Crippen LogP contribution in [0.5, 0.6) is 0 Å². The monoisotopic (exact) mass is 411 g/mol. The third kappa shape index (κ3) is 4.49. The Morgan fingerprint density at radius 1 is 1.17 bits per heavy atom. The number of aromatic nitrogens is 3. The summed E-state index contributed by atoms with van der Waals surface area (Å²) in [6.07, 6.45) is 0. The second kappa shape index (κ2) is 9.32. The summed E-state index contributed by atoms with van der Waals surface area (Å²) in [7, 11) is 0. The summed E-state index contributed by atoms with van der Waals surface area (Å²) in [6.45, 7) is 6.32. The van der Waals surface area contributed by atoms with E-state index in [1.807, 2.05) is 31.2 Å². The van der Waals surface area contributed by atoms with Gasteiger partial charge in [-0.05, 0) is 25.1 Å². The molecule has 1 fully saturated rings. The van der Waals surface area contributed by atoms with E-state index in [9.17, 15) is 9.18 Å². The van der Waals surface area contributed by atoms with Crippen LogP contribution in [0.1, 0.15) is 18.5 Å². The minimum atomic E-state index is -0.547. The Balaban J connectivity index is 1.55. The zero-order chi connectivity index (χ0) is 20.9. The molecule has 4 rings (SSSR count). The quantitative estimate of drug-likeness (QED) is 0.598. The van der Waals surface area contributed by atoms with Gasteiger partial charge in [-0.25, -0.2) is 9.07 Å². The molecule has 30 heavy (non-hydrogen) atoms. The fourth-order valence-corrected chi connectivity index (χ4v) is 3.73. The molecule has 2 heterocycles. The highest BCUT2D eigenvalue weighted by Crippen LogP contribution is 2.19. The topological polar surface area (TPSA) is 63.5 Å². The minimum absolute atomic E-state index is 0.109.